The number of nitrogens with zero attached hydrogens (tertiary/aromatic N) is 1. The van der Waals surface area contributed by atoms with Crippen molar-refractivity contribution in [2.45, 2.75) is 44.4 Å². The first-order valence-corrected chi connectivity index (χ1v) is 10.8. The number of nitrogens with one attached hydrogen (secondary N) is 2. The Morgan fingerprint density at radius 1 is 1.10 bits per heavy atom. The summed E-state index contributed by atoms with van der Waals surface area (Å²) in [5, 5.41) is 6.92. The second-order valence-electron chi connectivity index (χ2n) is 7.63. The number of benzene rings is 1. The molecular formula is C22H35N3O4. The molecule has 0 saturated carbocycles. The third-order valence-corrected chi connectivity index (χ3v) is 5.65. The average Bonchev–Trinajstić information content (AvgIpc) is 3.24. The van der Waals surface area contributed by atoms with E-state index < -0.39 is 0 Å². The van der Waals surface area contributed by atoms with E-state index in [0.717, 1.165) is 82.7 Å². The fraction of sp³-hybridized carbons (Fsp3) is 0.682. The highest BCUT2D eigenvalue weighted by atomic mass is 16.7. The van der Waals surface area contributed by atoms with Gasteiger partial charge in [-0.3, -0.25) is 4.99 Å². The SMILES string of the molecule is CCCCOCCCNC(=NC)NCC1(c2ccc3c(c2)OCO3)CCOCC1. The van der Waals surface area contributed by atoms with Gasteiger partial charge in [-0.2, -0.15) is 0 Å². The van der Waals surface area contributed by atoms with Gasteiger partial charge in [-0.15, -0.1) is 0 Å². The maximum absolute atomic E-state index is 5.65. The number of ether oxygens (including phenoxy) is 4. The molecule has 0 amide bonds. The molecule has 0 unspecified atom stereocenters. The van der Waals surface area contributed by atoms with Gasteiger partial charge in [0.1, 0.15) is 0 Å². The van der Waals surface area contributed by atoms with E-state index in [-0.39, 0.29) is 5.41 Å². The molecule has 0 aromatic heterocycles. The van der Waals surface area contributed by atoms with E-state index in [1.807, 2.05) is 13.1 Å². The largest absolute Gasteiger partial charge is 0.454 e. The van der Waals surface area contributed by atoms with Crippen LogP contribution in [0.25, 0.3) is 0 Å². The summed E-state index contributed by atoms with van der Waals surface area (Å²) < 4.78 is 22.3. The van der Waals surface area contributed by atoms with E-state index in [1.165, 1.54) is 12.0 Å². The van der Waals surface area contributed by atoms with Crippen molar-refractivity contribution in [3.8, 4) is 11.5 Å². The molecule has 162 valence electrons. The molecule has 3 rings (SSSR count). The zero-order valence-corrected chi connectivity index (χ0v) is 17.8. The number of fused-ring (bicyclic) bond motifs is 1. The molecule has 0 atom stereocenters. The highest BCUT2D eigenvalue weighted by Gasteiger charge is 2.35. The van der Waals surface area contributed by atoms with E-state index in [4.69, 9.17) is 18.9 Å². The fourth-order valence-electron chi connectivity index (χ4n) is 3.76. The Hall–Kier alpha value is -1.99. The van der Waals surface area contributed by atoms with Gasteiger partial charge in [-0.05, 0) is 43.4 Å². The molecule has 1 fully saturated rings. The van der Waals surface area contributed by atoms with Crippen molar-refractivity contribution in [1.29, 1.82) is 0 Å². The van der Waals surface area contributed by atoms with E-state index in [0.29, 0.717) is 6.79 Å². The minimum atomic E-state index is -0.0138. The van der Waals surface area contributed by atoms with Crippen LogP contribution >= 0.6 is 0 Å². The normalized spacial score (nSPS) is 17.9. The molecule has 1 saturated heterocycles. The molecule has 2 aliphatic heterocycles. The molecule has 1 aromatic carbocycles. The quantitative estimate of drug-likeness (QED) is 0.354. The summed E-state index contributed by atoms with van der Waals surface area (Å²) in [5.41, 5.74) is 1.25. The smallest absolute Gasteiger partial charge is 0.231 e. The van der Waals surface area contributed by atoms with Crippen LogP contribution in [0.2, 0.25) is 0 Å². The second kappa shape index (κ2) is 11.3. The minimum absolute atomic E-state index is 0.0138. The van der Waals surface area contributed by atoms with E-state index in [1.54, 1.807) is 0 Å². The number of hydrogen-bond donors (Lipinski definition) is 2. The topological polar surface area (TPSA) is 73.3 Å². The minimum Gasteiger partial charge on any atom is -0.454 e. The lowest BCUT2D eigenvalue weighted by Gasteiger charge is -2.38. The molecule has 2 aliphatic rings. The van der Waals surface area contributed by atoms with Crippen LogP contribution in [-0.2, 0) is 14.9 Å². The van der Waals surface area contributed by atoms with Crippen LogP contribution in [-0.4, -0.2) is 59.3 Å². The number of aliphatic imine (C=N–C) groups is 1. The van der Waals surface area contributed by atoms with Gasteiger partial charge in [0.05, 0.1) is 0 Å². The van der Waals surface area contributed by atoms with Crippen LogP contribution in [0.15, 0.2) is 23.2 Å². The monoisotopic (exact) mass is 405 g/mol. The summed E-state index contributed by atoms with van der Waals surface area (Å²) in [6.07, 6.45) is 5.18. The molecule has 29 heavy (non-hydrogen) atoms. The number of hydrogen-bond acceptors (Lipinski definition) is 5. The van der Waals surface area contributed by atoms with E-state index in [9.17, 15) is 0 Å². The van der Waals surface area contributed by atoms with Crippen LogP contribution in [0.4, 0.5) is 0 Å². The van der Waals surface area contributed by atoms with Crippen LogP contribution < -0.4 is 20.1 Å². The molecule has 0 bridgehead atoms. The first-order valence-electron chi connectivity index (χ1n) is 10.8. The maximum atomic E-state index is 5.65. The standard InChI is InChI=1S/C22H35N3O4/c1-3-4-11-26-12-5-10-24-21(23-2)25-16-22(8-13-27-14-9-22)18-6-7-19-20(15-18)29-17-28-19/h6-7,15H,3-5,8-14,16-17H2,1-2H3,(H2,23,24,25). The lowest BCUT2D eigenvalue weighted by atomic mass is 9.74. The molecule has 2 heterocycles. The Kier molecular flexibility index (Phi) is 8.43. The van der Waals surface area contributed by atoms with Crippen LogP contribution in [0.3, 0.4) is 0 Å². The van der Waals surface area contributed by atoms with E-state index >= 15 is 0 Å². The molecule has 2 N–H and O–H groups in total. The Morgan fingerprint density at radius 3 is 2.69 bits per heavy atom. The first-order chi connectivity index (χ1) is 14.3. The molecule has 7 nitrogen and oxygen atoms in total. The summed E-state index contributed by atoms with van der Waals surface area (Å²) in [7, 11) is 1.81. The summed E-state index contributed by atoms with van der Waals surface area (Å²) in [5.74, 6) is 2.48. The van der Waals surface area contributed by atoms with Crippen molar-refractivity contribution in [3.63, 3.8) is 0 Å². The van der Waals surface area contributed by atoms with Crippen molar-refractivity contribution < 1.29 is 18.9 Å². The summed E-state index contributed by atoms with van der Waals surface area (Å²) in [6.45, 7) is 7.26. The van der Waals surface area contributed by atoms with Gasteiger partial charge in [-0.25, -0.2) is 0 Å². The number of guanidine groups is 1. The van der Waals surface area contributed by atoms with Crippen LogP contribution in [0.1, 0.15) is 44.6 Å². The molecule has 0 aliphatic carbocycles. The maximum Gasteiger partial charge on any atom is 0.231 e. The van der Waals surface area contributed by atoms with E-state index in [2.05, 4.69) is 34.7 Å². The molecule has 0 spiro atoms. The van der Waals surface area contributed by atoms with Gasteiger partial charge in [-0.1, -0.05) is 19.4 Å². The predicted molar refractivity (Wildman–Crippen MR) is 114 cm³/mol. The van der Waals surface area contributed by atoms with Gasteiger partial charge in [0.25, 0.3) is 0 Å². The summed E-state index contributed by atoms with van der Waals surface area (Å²) in [4.78, 5) is 4.38. The van der Waals surface area contributed by atoms with Crippen molar-refractivity contribution in [1.82, 2.24) is 10.6 Å². The van der Waals surface area contributed by atoms with Gasteiger partial charge in [0.2, 0.25) is 6.79 Å². The van der Waals surface area contributed by atoms with Gasteiger partial charge >= 0.3 is 0 Å². The second-order valence-corrected chi connectivity index (χ2v) is 7.63. The van der Waals surface area contributed by atoms with Crippen LogP contribution in [0, 0.1) is 0 Å². The Balaban J connectivity index is 1.53. The lowest BCUT2D eigenvalue weighted by molar-refractivity contribution is 0.0513. The first kappa shape index (κ1) is 21.7. The number of rotatable bonds is 10. The summed E-state index contributed by atoms with van der Waals surface area (Å²) in [6, 6.07) is 6.30. The van der Waals surface area contributed by atoms with Crippen molar-refractivity contribution in [2.24, 2.45) is 4.99 Å². The third kappa shape index (κ3) is 6.00. The highest BCUT2D eigenvalue weighted by molar-refractivity contribution is 5.79. The number of unbranched alkanes of at least 4 members (excludes halogenated alkanes) is 1. The van der Waals surface area contributed by atoms with Crippen molar-refractivity contribution >= 4 is 5.96 Å². The molecular weight excluding hydrogens is 370 g/mol. The zero-order valence-electron chi connectivity index (χ0n) is 17.8. The third-order valence-electron chi connectivity index (χ3n) is 5.65. The molecule has 7 heteroatoms. The van der Waals surface area contributed by atoms with Crippen molar-refractivity contribution in [3.05, 3.63) is 23.8 Å². The molecule has 0 radical (unpaired) electrons. The Morgan fingerprint density at radius 2 is 1.90 bits per heavy atom. The Labute approximate surface area is 174 Å². The molecule has 1 aromatic rings. The van der Waals surface area contributed by atoms with Crippen LogP contribution in [0.5, 0.6) is 11.5 Å². The van der Waals surface area contributed by atoms with Crippen molar-refractivity contribution in [2.75, 3.05) is 53.4 Å². The van der Waals surface area contributed by atoms with Gasteiger partial charge in [0, 0.05) is 52.0 Å². The van der Waals surface area contributed by atoms with Gasteiger partial charge < -0.3 is 29.6 Å². The summed E-state index contributed by atoms with van der Waals surface area (Å²) >= 11 is 0. The average molecular weight is 406 g/mol. The zero-order chi connectivity index (χ0) is 20.4. The highest BCUT2D eigenvalue weighted by Crippen LogP contribution is 2.40. The lowest BCUT2D eigenvalue weighted by Crippen LogP contribution is -2.48. The Bertz CT molecular complexity index is 659. The fourth-order valence-corrected chi connectivity index (χ4v) is 3.76. The predicted octanol–water partition coefficient (Wildman–Crippen LogP) is 2.84. The van der Waals surface area contributed by atoms with Gasteiger partial charge in [0.15, 0.2) is 17.5 Å².